The molecule has 0 atom stereocenters. The first kappa shape index (κ1) is 12.6. The summed E-state index contributed by atoms with van der Waals surface area (Å²) >= 11 is 9.09. The summed E-state index contributed by atoms with van der Waals surface area (Å²) in [5.74, 6) is 3.44. The van der Waals surface area contributed by atoms with Crippen LogP contribution in [-0.2, 0) is 0 Å². The molecule has 1 rings (SSSR count). The van der Waals surface area contributed by atoms with Gasteiger partial charge in [0.2, 0.25) is 0 Å². The van der Waals surface area contributed by atoms with Crippen LogP contribution in [0.2, 0.25) is 24.8 Å². The number of halogens is 2. The Labute approximate surface area is 104 Å². The predicted octanol–water partition coefficient (Wildman–Crippen LogP) is 3.31. The Hall–Kier alpha value is -0.503. The molecule has 2 nitrogen and oxygen atoms in total. The van der Waals surface area contributed by atoms with Crippen LogP contribution in [0.25, 0.3) is 0 Å². The third kappa shape index (κ3) is 3.86. The molecule has 0 bridgehead atoms. The van der Waals surface area contributed by atoms with Crippen molar-refractivity contribution in [3.63, 3.8) is 0 Å². The molecule has 80 valence electrons. The average molecular weight is 304 g/mol. The topological polar surface area (TPSA) is 38.9 Å². The van der Waals surface area contributed by atoms with Gasteiger partial charge in [-0.25, -0.2) is 4.98 Å². The zero-order valence-corrected chi connectivity index (χ0v) is 12.2. The number of anilines is 1. The summed E-state index contributed by atoms with van der Waals surface area (Å²) in [6.07, 6.45) is 0. The van der Waals surface area contributed by atoms with Crippen LogP contribution >= 0.6 is 27.5 Å². The lowest BCUT2D eigenvalue weighted by Gasteiger charge is -2.04. The fraction of sp³-hybridized carbons (Fsp3) is 0.300. The van der Waals surface area contributed by atoms with Crippen LogP contribution in [0.5, 0.6) is 0 Å². The van der Waals surface area contributed by atoms with E-state index in [1.807, 2.05) is 0 Å². The summed E-state index contributed by atoms with van der Waals surface area (Å²) in [5.41, 5.74) is 9.68. The number of rotatable bonds is 0. The number of hydrogen-bond acceptors (Lipinski definition) is 2. The zero-order valence-electron chi connectivity index (χ0n) is 8.86. The molecule has 0 aromatic carbocycles. The third-order valence-corrected chi connectivity index (χ3v) is 3.53. The Balaban J connectivity index is 3.15. The lowest BCUT2D eigenvalue weighted by atomic mass is 10.3. The van der Waals surface area contributed by atoms with Crippen molar-refractivity contribution in [2.45, 2.75) is 19.6 Å². The Morgan fingerprint density at radius 1 is 1.47 bits per heavy atom. The van der Waals surface area contributed by atoms with Crippen LogP contribution in [0.4, 0.5) is 5.82 Å². The van der Waals surface area contributed by atoms with Crippen molar-refractivity contribution in [1.29, 1.82) is 0 Å². The highest BCUT2D eigenvalue weighted by Crippen LogP contribution is 2.23. The molecule has 0 unspecified atom stereocenters. The summed E-state index contributed by atoms with van der Waals surface area (Å²) in [7, 11) is -1.39. The summed E-state index contributed by atoms with van der Waals surface area (Å²) in [5, 5.41) is 0.367. The van der Waals surface area contributed by atoms with Gasteiger partial charge in [-0.3, -0.25) is 0 Å². The van der Waals surface area contributed by atoms with Gasteiger partial charge in [-0.15, -0.1) is 5.54 Å². The molecule has 1 aromatic rings. The van der Waals surface area contributed by atoms with Gasteiger partial charge in [0.15, 0.2) is 0 Å². The molecular formula is C10H12BrClN2Si. The summed E-state index contributed by atoms with van der Waals surface area (Å²) < 4.78 is 0.721. The van der Waals surface area contributed by atoms with E-state index in [4.69, 9.17) is 17.3 Å². The highest BCUT2D eigenvalue weighted by molar-refractivity contribution is 9.10. The van der Waals surface area contributed by atoms with E-state index in [9.17, 15) is 0 Å². The number of nitrogens with two attached hydrogens (primary N) is 1. The molecule has 1 heterocycles. The highest BCUT2D eigenvalue weighted by Gasteiger charge is 2.09. The SMILES string of the molecule is C[Si](C)(C)C#Cc1cc(Br)c(Cl)nc1N. The van der Waals surface area contributed by atoms with Gasteiger partial charge in [-0.1, -0.05) is 37.2 Å². The smallest absolute Gasteiger partial charge is 0.145 e. The second-order valence-electron chi connectivity index (χ2n) is 4.19. The first-order chi connectivity index (χ1) is 6.79. The normalized spacial score (nSPS) is 10.7. The maximum absolute atomic E-state index is 5.80. The number of hydrogen-bond donors (Lipinski definition) is 1. The molecule has 0 saturated heterocycles. The van der Waals surface area contributed by atoms with Crippen molar-refractivity contribution in [1.82, 2.24) is 4.98 Å². The van der Waals surface area contributed by atoms with Crippen LogP contribution in [-0.4, -0.2) is 13.1 Å². The Bertz CT molecular complexity index is 443. The first-order valence-corrected chi connectivity index (χ1v) is 9.11. The minimum absolute atomic E-state index is 0.367. The molecule has 15 heavy (non-hydrogen) atoms. The van der Waals surface area contributed by atoms with Crippen LogP contribution < -0.4 is 5.73 Å². The van der Waals surface area contributed by atoms with Crippen molar-refractivity contribution in [3.8, 4) is 11.5 Å². The molecule has 0 spiro atoms. The van der Waals surface area contributed by atoms with Gasteiger partial charge in [0.25, 0.3) is 0 Å². The maximum Gasteiger partial charge on any atom is 0.145 e. The summed E-state index contributed by atoms with van der Waals surface area (Å²) in [6, 6.07) is 1.80. The zero-order chi connectivity index (χ0) is 11.6. The lowest BCUT2D eigenvalue weighted by Crippen LogP contribution is -2.16. The van der Waals surface area contributed by atoms with E-state index < -0.39 is 8.07 Å². The van der Waals surface area contributed by atoms with E-state index in [0.717, 1.165) is 10.0 Å². The highest BCUT2D eigenvalue weighted by atomic mass is 79.9. The Kier molecular flexibility index (Phi) is 3.82. The molecule has 1 aromatic heterocycles. The lowest BCUT2D eigenvalue weighted by molar-refractivity contribution is 1.30. The van der Waals surface area contributed by atoms with E-state index in [1.165, 1.54) is 0 Å². The maximum atomic E-state index is 5.80. The predicted molar refractivity (Wildman–Crippen MR) is 71.6 cm³/mol. The average Bonchev–Trinajstić information content (AvgIpc) is 2.07. The van der Waals surface area contributed by atoms with Crippen LogP contribution in [0, 0.1) is 11.5 Å². The van der Waals surface area contributed by atoms with Gasteiger partial charge in [0.1, 0.15) is 19.0 Å². The van der Waals surface area contributed by atoms with Crippen molar-refractivity contribution in [3.05, 3.63) is 21.3 Å². The third-order valence-electron chi connectivity index (χ3n) is 1.53. The Morgan fingerprint density at radius 2 is 2.07 bits per heavy atom. The molecule has 0 aliphatic heterocycles. The monoisotopic (exact) mass is 302 g/mol. The van der Waals surface area contributed by atoms with Crippen molar-refractivity contribution in [2.24, 2.45) is 0 Å². The molecule has 2 N–H and O–H groups in total. The largest absolute Gasteiger partial charge is 0.383 e. The van der Waals surface area contributed by atoms with Gasteiger partial charge in [-0.05, 0) is 22.0 Å². The Morgan fingerprint density at radius 3 is 2.60 bits per heavy atom. The van der Waals surface area contributed by atoms with E-state index in [2.05, 4.69) is 52.0 Å². The summed E-state index contributed by atoms with van der Waals surface area (Å²) in [4.78, 5) is 3.98. The number of pyridine rings is 1. The minimum atomic E-state index is -1.39. The molecule has 5 heteroatoms. The van der Waals surface area contributed by atoms with Gasteiger partial charge >= 0.3 is 0 Å². The van der Waals surface area contributed by atoms with E-state index >= 15 is 0 Å². The van der Waals surface area contributed by atoms with Gasteiger partial charge in [-0.2, -0.15) is 0 Å². The van der Waals surface area contributed by atoms with Crippen LogP contribution in [0.3, 0.4) is 0 Å². The fourth-order valence-corrected chi connectivity index (χ4v) is 1.81. The first-order valence-electron chi connectivity index (χ1n) is 4.44. The standard InChI is InChI=1S/C10H12BrClN2Si/c1-15(2,3)5-4-7-6-8(11)9(12)14-10(7)13/h6H,1-3H3,(H2,13,14). The number of nitrogen functional groups attached to an aromatic ring is 1. The van der Waals surface area contributed by atoms with E-state index in [0.29, 0.717) is 11.0 Å². The van der Waals surface area contributed by atoms with Crippen molar-refractivity contribution in [2.75, 3.05) is 5.73 Å². The van der Waals surface area contributed by atoms with Gasteiger partial charge in [0.05, 0.1) is 10.0 Å². The second kappa shape index (κ2) is 4.56. The fourth-order valence-electron chi connectivity index (χ4n) is 0.835. The molecular weight excluding hydrogens is 292 g/mol. The second-order valence-corrected chi connectivity index (χ2v) is 10.2. The minimum Gasteiger partial charge on any atom is -0.383 e. The van der Waals surface area contributed by atoms with Crippen molar-refractivity contribution >= 4 is 41.4 Å². The van der Waals surface area contributed by atoms with Crippen LogP contribution in [0.15, 0.2) is 10.5 Å². The molecule has 0 aliphatic rings. The quantitative estimate of drug-likeness (QED) is 0.454. The van der Waals surface area contributed by atoms with Gasteiger partial charge < -0.3 is 5.73 Å². The van der Waals surface area contributed by atoms with E-state index in [1.54, 1.807) is 6.07 Å². The van der Waals surface area contributed by atoms with Crippen LogP contribution in [0.1, 0.15) is 5.56 Å². The molecule has 0 radical (unpaired) electrons. The molecule has 0 aliphatic carbocycles. The number of nitrogens with zero attached hydrogens (tertiary/aromatic N) is 1. The number of aromatic nitrogens is 1. The van der Waals surface area contributed by atoms with Gasteiger partial charge in [0, 0.05) is 0 Å². The molecule has 0 saturated carbocycles. The molecule has 0 fully saturated rings. The summed E-state index contributed by atoms with van der Waals surface area (Å²) in [6.45, 7) is 6.53. The van der Waals surface area contributed by atoms with Crippen molar-refractivity contribution < 1.29 is 0 Å². The van der Waals surface area contributed by atoms with E-state index in [-0.39, 0.29) is 0 Å². The molecule has 0 amide bonds.